The van der Waals surface area contributed by atoms with Crippen molar-refractivity contribution in [3.8, 4) is 0 Å². The molecule has 0 fully saturated rings. The number of aromatic nitrogens is 1. The predicted molar refractivity (Wildman–Crippen MR) is 71.1 cm³/mol. The van der Waals surface area contributed by atoms with E-state index in [2.05, 4.69) is 4.98 Å². The molecule has 0 aliphatic carbocycles. The number of aromatic carboxylic acids is 1. The number of carboxylic acids is 1. The van der Waals surface area contributed by atoms with Gasteiger partial charge in [-0.3, -0.25) is 4.31 Å². The summed E-state index contributed by atoms with van der Waals surface area (Å²) in [6.07, 6.45) is 1.35. The van der Waals surface area contributed by atoms with Crippen molar-refractivity contribution in [2.45, 2.75) is 4.21 Å². The Labute approximate surface area is 114 Å². The third-order valence-electron chi connectivity index (χ3n) is 2.43. The lowest BCUT2D eigenvalue weighted by Crippen LogP contribution is -2.28. The molecule has 0 spiro atoms. The summed E-state index contributed by atoms with van der Waals surface area (Å²) in [4.78, 5) is 14.9. The topological polar surface area (TPSA) is 87.6 Å². The summed E-state index contributed by atoms with van der Waals surface area (Å²) in [7, 11) is -2.50. The van der Waals surface area contributed by atoms with Gasteiger partial charge in [-0.15, -0.1) is 11.3 Å². The zero-order valence-corrected chi connectivity index (χ0v) is 11.5. The van der Waals surface area contributed by atoms with Gasteiger partial charge in [0.1, 0.15) is 9.77 Å². The van der Waals surface area contributed by atoms with Crippen LogP contribution in [0.4, 0.5) is 5.82 Å². The van der Waals surface area contributed by atoms with E-state index in [1.165, 1.54) is 31.4 Å². The first kappa shape index (κ1) is 13.5. The number of carboxylic acid groups (broad SMARTS) is 1. The lowest BCUT2D eigenvalue weighted by molar-refractivity contribution is 0.0697. The molecule has 0 atom stereocenters. The van der Waals surface area contributed by atoms with Crippen LogP contribution < -0.4 is 4.31 Å². The van der Waals surface area contributed by atoms with E-state index in [4.69, 9.17) is 5.11 Å². The molecule has 0 bridgehead atoms. The first-order valence-corrected chi connectivity index (χ1v) is 7.47. The quantitative estimate of drug-likeness (QED) is 0.927. The van der Waals surface area contributed by atoms with E-state index in [9.17, 15) is 13.2 Å². The second kappa shape index (κ2) is 4.98. The second-order valence-electron chi connectivity index (χ2n) is 3.58. The molecule has 1 N–H and O–H groups in total. The number of hydrogen-bond donors (Lipinski definition) is 1. The minimum atomic E-state index is -3.78. The molecular weight excluding hydrogens is 288 g/mol. The van der Waals surface area contributed by atoms with Gasteiger partial charge in [0.15, 0.2) is 5.82 Å². The van der Waals surface area contributed by atoms with Crippen LogP contribution in [0.25, 0.3) is 0 Å². The van der Waals surface area contributed by atoms with E-state index in [0.717, 1.165) is 15.6 Å². The standard InChI is InChI=1S/C11H10N2O4S2/c1-13(19(16,17)9-5-3-7-18-9)10-8(11(14)15)4-2-6-12-10/h2-7H,1H3,(H,14,15). The van der Waals surface area contributed by atoms with Crippen LogP contribution in [0.15, 0.2) is 40.1 Å². The van der Waals surface area contributed by atoms with E-state index in [0.29, 0.717) is 0 Å². The van der Waals surface area contributed by atoms with Gasteiger partial charge in [0.2, 0.25) is 0 Å². The maximum Gasteiger partial charge on any atom is 0.339 e. The minimum absolute atomic E-state index is 0.108. The van der Waals surface area contributed by atoms with Gasteiger partial charge in [-0.25, -0.2) is 18.2 Å². The van der Waals surface area contributed by atoms with Gasteiger partial charge in [0.25, 0.3) is 10.0 Å². The average Bonchev–Trinajstić information content (AvgIpc) is 2.92. The molecule has 0 aromatic carbocycles. The molecule has 2 heterocycles. The fraction of sp³-hybridized carbons (Fsp3) is 0.0909. The number of thiophene rings is 1. The Morgan fingerprint density at radius 2 is 2.11 bits per heavy atom. The largest absolute Gasteiger partial charge is 0.478 e. The summed E-state index contributed by atoms with van der Waals surface area (Å²) in [5, 5.41) is 10.7. The Morgan fingerprint density at radius 3 is 2.68 bits per heavy atom. The molecule has 2 aromatic heterocycles. The lowest BCUT2D eigenvalue weighted by Gasteiger charge is -2.18. The van der Waals surface area contributed by atoms with Crippen molar-refractivity contribution in [1.82, 2.24) is 4.98 Å². The summed E-state index contributed by atoms with van der Waals surface area (Å²) < 4.78 is 25.6. The van der Waals surface area contributed by atoms with Crippen molar-refractivity contribution >= 4 is 33.1 Å². The summed E-state index contributed by atoms with van der Waals surface area (Å²) >= 11 is 1.06. The highest BCUT2D eigenvalue weighted by molar-refractivity contribution is 7.94. The van der Waals surface area contributed by atoms with E-state index < -0.39 is 16.0 Å². The van der Waals surface area contributed by atoms with E-state index in [1.54, 1.807) is 11.4 Å². The molecule has 0 radical (unpaired) electrons. The molecule has 0 saturated carbocycles. The average molecular weight is 298 g/mol. The van der Waals surface area contributed by atoms with Crippen molar-refractivity contribution in [3.05, 3.63) is 41.4 Å². The molecule has 0 aliphatic heterocycles. The Hall–Kier alpha value is -1.93. The van der Waals surface area contributed by atoms with Gasteiger partial charge in [0, 0.05) is 13.2 Å². The fourth-order valence-electron chi connectivity index (χ4n) is 1.47. The summed E-state index contributed by atoms with van der Waals surface area (Å²) in [5.74, 6) is -1.33. The van der Waals surface area contributed by atoms with Crippen LogP contribution in [-0.4, -0.2) is 31.5 Å². The van der Waals surface area contributed by atoms with Gasteiger partial charge < -0.3 is 5.11 Å². The monoisotopic (exact) mass is 298 g/mol. The van der Waals surface area contributed by atoms with E-state index in [-0.39, 0.29) is 15.6 Å². The Balaban J connectivity index is 2.52. The summed E-state index contributed by atoms with van der Waals surface area (Å²) in [6, 6.07) is 5.82. The Morgan fingerprint density at radius 1 is 1.37 bits per heavy atom. The number of rotatable bonds is 4. The molecule has 0 unspecified atom stereocenters. The van der Waals surface area contributed by atoms with Gasteiger partial charge in [-0.05, 0) is 23.6 Å². The van der Waals surface area contributed by atoms with Crippen LogP contribution in [0.5, 0.6) is 0 Å². The third kappa shape index (κ3) is 2.45. The highest BCUT2D eigenvalue weighted by atomic mass is 32.2. The third-order valence-corrected chi connectivity index (χ3v) is 5.55. The number of hydrogen-bond acceptors (Lipinski definition) is 5. The molecule has 2 aromatic rings. The molecule has 0 aliphatic rings. The van der Waals surface area contributed by atoms with Crippen LogP contribution in [0.3, 0.4) is 0 Å². The SMILES string of the molecule is CN(c1ncccc1C(=O)O)S(=O)(=O)c1cccs1. The first-order chi connectivity index (χ1) is 8.94. The Bertz CT molecular complexity index is 695. The Kier molecular flexibility index (Phi) is 3.54. The van der Waals surface area contributed by atoms with Crippen molar-refractivity contribution < 1.29 is 18.3 Å². The normalized spacial score (nSPS) is 11.2. The molecule has 0 amide bonds. The molecule has 100 valence electrons. The maximum absolute atomic E-state index is 12.3. The fourth-order valence-corrected chi connectivity index (χ4v) is 3.80. The molecule has 8 heteroatoms. The van der Waals surface area contributed by atoms with Gasteiger partial charge in [0.05, 0.1) is 0 Å². The zero-order chi connectivity index (χ0) is 14.0. The van der Waals surface area contributed by atoms with Crippen molar-refractivity contribution in [2.75, 3.05) is 11.4 Å². The maximum atomic E-state index is 12.3. The summed E-state index contributed by atoms with van der Waals surface area (Å²) in [5.41, 5.74) is -0.162. The van der Waals surface area contributed by atoms with Crippen molar-refractivity contribution in [2.24, 2.45) is 0 Å². The smallest absolute Gasteiger partial charge is 0.339 e. The van der Waals surface area contributed by atoms with Crippen LogP contribution in [0, 0.1) is 0 Å². The van der Waals surface area contributed by atoms with Crippen molar-refractivity contribution in [1.29, 1.82) is 0 Å². The minimum Gasteiger partial charge on any atom is -0.478 e. The van der Waals surface area contributed by atoms with Gasteiger partial charge in [-0.1, -0.05) is 6.07 Å². The van der Waals surface area contributed by atoms with Crippen LogP contribution in [-0.2, 0) is 10.0 Å². The molecule has 19 heavy (non-hydrogen) atoms. The van der Waals surface area contributed by atoms with Crippen molar-refractivity contribution in [3.63, 3.8) is 0 Å². The lowest BCUT2D eigenvalue weighted by atomic mass is 10.2. The second-order valence-corrected chi connectivity index (χ2v) is 6.73. The van der Waals surface area contributed by atoms with Crippen LogP contribution in [0.2, 0.25) is 0 Å². The van der Waals surface area contributed by atoms with Crippen LogP contribution >= 0.6 is 11.3 Å². The highest BCUT2D eigenvalue weighted by Crippen LogP contribution is 2.25. The summed E-state index contributed by atoms with van der Waals surface area (Å²) in [6.45, 7) is 0. The number of anilines is 1. The van der Waals surface area contributed by atoms with Gasteiger partial charge in [-0.2, -0.15) is 0 Å². The number of sulfonamides is 1. The van der Waals surface area contributed by atoms with E-state index in [1.807, 2.05) is 0 Å². The molecule has 2 rings (SSSR count). The number of nitrogens with zero attached hydrogens (tertiary/aromatic N) is 2. The zero-order valence-electron chi connectivity index (χ0n) is 9.85. The first-order valence-electron chi connectivity index (χ1n) is 5.15. The van der Waals surface area contributed by atoms with Gasteiger partial charge >= 0.3 is 5.97 Å². The van der Waals surface area contributed by atoms with Crippen LogP contribution in [0.1, 0.15) is 10.4 Å². The predicted octanol–water partition coefficient (Wildman–Crippen LogP) is 1.67. The molecule has 0 saturated heterocycles. The van der Waals surface area contributed by atoms with E-state index >= 15 is 0 Å². The molecule has 6 nitrogen and oxygen atoms in total. The highest BCUT2D eigenvalue weighted by Gasteiger charge is 2.26. The molecular formula is C11H10N2O4S2. The number of carbonyl (C=O) groups is 1. The number of pyridine rings is 1.